The summed E-state index contributed by atoms with van der Waals surface area (Å²) >= 11 is 0. The fourth-order valence-corrected chi connectivity index (χ4v) is 4.41. The summed E-state index contributed by atoms with van der Waals surface area (Å²) in [7, 11) is 0. The molecule has 1 aromatic heterocycles. The van der Waals surface area contributed by atoms with E-state index in [4.69, 9.17) is 4.74 Å². The van der Waals surface area contributed by atoms with Gasteiger partial charge in [0.1, 0.15) is 5.75 Å². The minimum Gasteiger partial charge on any atom is -0.425 e. The van der Waals surface area contributed by atoms with Gasteiger partial charge in [0.05, 0.1) is 11.8 Å². The topological polar surface area (TPSA) is 63.0 Å². The fourth-order valence-electron chi connectivity index (χ4n) is 4.41. The molecule has 2 aromatic rings. The zero-order valence-corrected chi connectivity index (χ0v) is 22.9. The number of hydrogen-bond donors (Lipinski definition) is 0. The van der Waals surface area contributed by atoms with Crippen molar-refractivity contribution in [3.63, 3.8) is 0 Å². The second-order valence-electron chi connectivity index (χ2n) is 10.3. The summed E-state index contributed by atoms with van der Waals surface area (Å²) in [5, 5.41) is 9.57. The molecule has 0 spiro atoms. The second kappa shape index (κ2) is 16.9. The van der Waals surface area contributed by atoms with Gasteiger partial charge in [-0.15, -0.1) is 0 Å². The normalized spacial score (nSPS) is 12.6. The molecule has 36 heavy (non-hydrogen) atoms. The zero-order valence-electron chi connectivity index (χ0n) is 22.9. The molecule has 1 atom stereocenters. The van der Waals surface area contributed by atoms with Gasteiger partial charge in [-0.2, -0.15) is 5.26 Å². The van der Waals surface area contributed by atoms with Crippen molar-refractivity contribution in [2.45, 2.75) is 117 Å². The van der Waals surface area contributed by atoms with Gasteiger partial charge in [-0.25, -0.2) is 4.79 Å². The number of nitrogens with zero attached hydrogens (tertiary/aromatic N) is 2. The van der Waals surface area contributed by atoms with Gasteiger partial charge in [0.2, 0.25) is 0 Å². The monoisotopic (exact) mass is 490 g/mol. The molecule has 0 amide bonds. The molecule has 2 rings (SSSR count). The van der Waals surface area contributed by atoms with Crippen molar-refractivity contribution < 1.29 is 9.53 Å². The molecule has 0 radical (unpaired) electrons. The van der Waals surface area contributed by atoms with Gasteiger partial charge in [-0.3, -0.25) is 4.98 Å². The van der Waals surface area contributed by atoms with Crippen molar-refractivity contribution >= 4 is 5.97 Å². The van der Waals surface area contributed by atoms with E-state index in [0.29, 0.717) is 12.2 Å². The summed E-state index contributed by atoms with van der Waals surface area (Å²) in [6.45, 7) is 6.08. The first-order valence-electron chi connectivity index (χ1n) is 14.2. The third-order valence-corrected chi connectivity index (χ3v) is 6.98. The van der Waals surface area contributed by atoms with E-state index in [1.54, 1.807) is 19.1 Å². The number of carbonyl (C=O) groups excluding carboxylic acids is 1. The number of ether oxygens (including phenoxy) is 1. The van der Waals surface area contributed by atoms with Crippen LogP contribution in [0.3, 0.4) is 0 Å². The molecule has 0 fully saturated rings. The Morgan fingerprint density at radius 3 is 1.97 bits per heavy atom. The highest BCUT2D eigenvalue weighted by molar-refractivity contribution is 5.81. The highest BCUT2D eigenvalue weighted by atomic mass is 16.5. The Balaban J connectivity index is 1.78. The van der Waals surface area contributed by atoms with Crippen LogP contribution in [0.25, 0.3) is 11.3 Å². The summed E-state index contributed by atoms with van der Waals surface area (Å²) < 4.78 is 5.55. The van der Waals surface area contributed by atoms with Crippen LogP contribution >= 0.6 is 0 Å². The maximum atomic E-state index is 12.7. The second-order valence-corrected chi connectivity index (χ2v) is 10.3. The predicted octanol–water partition coefficient (Wildman–Crippen LogP) is 9.23. The van der Waals surface area contributed by atoms with E-state index >= 15 is 0 Å². The molecule has 0 aliphatic rings. The standard InChI is InChI=1S/C32H46N2O2/c1-4-6-8-10-11-12-13-14-15-17-27-18-23-30(34-25-27)28-19-21-29(22-20-28)36-31(35)32(3,26-33)24-16-9-7-5-2/h18-23,25H,4-17,24H2,1-3H3. The highest BCUT2D eigenvalue weighted by Gasteiger charge is 2.35. The number of hydrogen-bond acceptors (Lipinski definition) is 4. The third kappa shape index (κ3) is 10.5. The number of carbonyl (C=O) groups is 1. The van der Waals surface area contributed by atoms with Crippen molar-refractivity contribution in [3.8, 4) is 23.1 Å². The van der Waals surface area contributed by atoms with Crippen molar-refractivity contribution in [2.24, 2.45) is 5.41 Å². The Morgan fingerprint density at radius 2 is 1.42 bits per heavy atom. The predicted molar refractivity (Wildman–Crippen MR) is 149 cm³/mol. The molecule has 0 saturated heterocycles. The Kier molecular flexibility index (Phi) is 13.9. The van der Waals surface area contributed by atoms with Gasteiger partial charge in [0.25, 0.3) is 0 Å². The fraction of sp³-hybridized carbons (Fsp3) is 0.594. The number of pyridine rings is 1. The van der Waals surface area contributed by atoms with Gasteiger partial charge in [-0.05, 0) is 62.1 Å². The van der Waals surface area contributed by atoms with Gasteiger partial charge in [-0.1, -0.05) is 97.0 Å². The van der Waals surface area contributed by atoms with Crippen LogP contribution < -0.4 is 4.74 Å². The number of unbranched alkanes of at least 4 members (excludes halogenated alkanes) is 11. The maximum Gasteiger partial charge on any atom is 0.331 e. The smallest absolute Gasteiger partial charge is 0.331 e. The van der Waals surface area contributed by atoms with Gasteiger partial charge in [0, 0.05) is 11.8 Å². The quantitative estimate of drug-likeness (QED) is 0.119. The van der Waals surface area contributed by atoms with E-state index in [9.17, 15) is 10.1 Å². The minimum atomic E-state index is -1.11. The Labute approximate surface area is 219 Å². The van der Waals surface area contributed by atoms with Crippen molar-refractivity contribution in [2.75, 3.05) is 0 Å². The molecule has 196 valence electrons. The van der Waals surface area contributed by atoms with Gasteiger partial charge >= 0.3 is 5.97 Å². The Bertz CT molecular complexity index is 915. The van der Waals surface area contributed by atoms with Crippen LogP contribution in [0, 0.1) is 16.7 Å². The highest BCUT2D eigenvalue weighted by Crippen LogP contribution is 2.28. The molecule has 0 N–H and O–H groups in total. The number of aromatic nitrogens is 1. The van der Waals surface area contributed by atoms with Crippen LogP contribution in [-0.2, 0) is 11.2 Å². The van der Waals surface area contributed by atoms with E-state index in [0.717, 1.165) is 43.4 Å². The lowest BCUT2D eigenvalue weighted by atomic mass is 9.86. The average Bonchev–Trinajstić information content (AvgIpc) is 2.91. The number of aryl methyl sites for hydroxylation is 1. The van der Waals surface area contributed by atoms with Crippen LogP contribution in [-0.4, -0.2) is 11.0 Å². The molecule has 0 aliphatic carbocycles. The van der Waals surface area contributed by atoms with Crippen molar-refractivity contribution in [1.29, 1.82) is 5.26 Å². The van der Waals surface area contributed by atoms with E-state index in [1.807, 2.05) is 18.3 Å². The van der Waals surface area contributed by atoms with E-state index in [2.05, 4.69) is 37.0 Å². The van der Waals surface area contributed by atoms with E-state index < -0.39 is 11.4 Å². The van der Waals surface area contributed by atoms with E-state index in [-0.39, 0.29) is 0 Å². The first-order chi connectivity index (χ1) is 17.5. The molecule has 0 bridgehead atoms. The zero-order chi connectivity index (χ0) is 26.1. The molecule has 4 nitrogen and oxygen atoms in total. The molecular weight excluding hydrogens is 444 g/mol. The van der Waals surface area contributed by atoms with Gasteiger partial charge in [0.15, 0.2) is 5.41 Å². The summed E-state index contributed by atoms with van der Waals surface area (Å²) in [5.41, 5.74) is 2.05. The number of nitriles is 1. The molecule has 1 aromatic carbocycles. The van der Waals surface area contributed by atoms with Crippen molar-refractivity contribution in [3.05, 3.63) is 48.2 Å². The molecule has 1 heterocycles. The Hall–Kier alpha value is -2.67. The molecule has 0 saturated carbocycles. The lowest BCUT2D eigenvalue weighted by molar-refractivity contribution is -0.142. The maximum absolute atomic E-state index is 12.7. The molecule has 1 unspecified atom stereocenters. The van der Waals surface area contributed by atoms with Crippen LogP contribution in [0.4, 0.5) is 0 Å². The van der Waals surface area contributed by atoms with Crippen LogP contribution in [0.1, 0.15) is 116 Å². The summed E-state index contributed by atoms with van der Waals surface area (Å²) in [5.74, 6) is -0.0195. The van der Waals surface area contributed by atoms with Crippen LogP contribution in [0.15, 0.2) is 42.6 Å². The molecule has 4 heteroatoms. The first kappa shape index (κ1) is 29.6. The molecular formula is C32H46N2O2. The number of benzene rings is 1. The first-order valence-corrected chi connectivity index (χ1v) is 14.2. The molecule has 0 aliphatic heterocycles. The largest absolute Gasteiger partial charge is 0.425 e. The van der Waals surface area contributed by atoms with Gasteiger partial charge < -0.3 is 4.74 Å². The van der Waals surface area contributed by atoms with Crippen LogP contribution in [0.2, 0.25) is 0 Å². The SMILES string of the molecule is CCCCCCCCCCCc1ccc(-c2ccc(OC(=O)C(C)(C#N)CCCCCC)cc2)nc1. The third-order valence-electron chi connectivity index (χ3n) is 6.98. The Morgan fingerprint density at radius 1 is 0.833 bits per heavy atom. The van der Waals surface area contributed by atoms with E-state index in [1.165, 1.54) is 63.4 Å². The minimum absolute atomic E-state index is 0.459. The number of esters is 1. The summed E-state index contributed by atoms with van der Waals surface area (Å²) in [4.78, 5) is 17.3. The summed E-state index contributed by atoms with van der Waals surface area (Å²) in [6, 6.07) is 13.8. The van der Waals surface area contributed by atoms with Crippen molar-refractivity contribution in [1.82, 2.24) is 4.98 Å². The number of rotatable bonds is 18. The van der Waals surface area contributed by atoms with Crippen LogP contribution in [0.5, 0.6) is 5.75 Å². The summed E-state index contributed by atoms with van der Waals surface area (Å²) in [6.07, 6.45) is 19.8. The lowest BCUT2D eigenvalue weighted by Crippen LogP contribution is -2.30. The average molecular weight is 491 g/mol. The lowest BCUT2D eigenvalue weighted by Gasteiger charge is -2.19.